The van der Waals surface area contributed by atoms with Crippen LogP contribution in [0.25, 0.3) is 0 Å². The molecule has 1 aromatic rings. The number of hydrogen-bond donors (Lipinski definition) is 1. The maximum absolute atomic E-state index is 13.9. The van der Waals surface area contributed by atoms with E-state index in [2.05, 4.69) is 70.1 Å². The number of carbonyl (C=O) groups excluding carboxylic acids is 1. The first-order chi connectivity index (χ1) is 18.3. The predicted octanol–water partition coefficient (Wildman–Crippen LogP) is 4.66. The number of allylic oxidation sites excluding steroid dienone is 3. The molecule has 8 nitrogen and oxygen atoms in total. The minimum absolute atomic E-state index is 0.105. The van der Waals surface area contributed by atoms with Crippen molar-refractivity contribution >= 4 is 23.9 Å². The number of ether oxygens (including phenoxy) is 2. The molecule has 1 spiro atoms. The summed E-state index contributed by atoms with van der Waals surface area (Å²) in [5.74, 6) is 1.69. The molecule has 0 radical (unpaired) electrons. The van der Waals surface area contributed by atoms with Crippen LogP contribution in [0.3, 0.4) is 0 Å². The molecule has 2 amide bonds. The van der Waals surface area contributed by atoms with Gasteiger partial charge in [0.15, 0.2) is 0 Å². The minimum atomic E-state index is -0.284. The van der Waals surface area contributed by atoms with Crippen LogP contribution in [0.15, 0.2) is 52.1 Å². The quantitative estimate of drug-likeness (QED) is 0.553. The van der Waals surface area contributed by atoms with E-state index in [1.54, 1.807) is 14.2 Å². The van der Waals surface area contributed by atoms with Gasteiger partial charge in [0.05, 0.1) is 49.7 Å². The molecule has 4 heterocycles. The summed E-state index contributed by atoms with van der Waals surface area (Å²) in [6, 6.07) is 4.11. The van der Waals surface area contributed by atoms with Gasteiger partial charge in [-0.1, -0.05) is 31.2 Å². The van der Waals surface area contributed by atoms with E-state index in [1.807, 2.05) is 11.0 Å². The van der Waals surface area contributed by atoms with E-state index in [0.717, 1.165) is 66.5 Å². The lowest BCUT2D eigenvalue weighted by atomic mass is 9.81. The molecular weight excluding hydrogens is 498 g/mol. The summed E-state index contributed by atoms with van der Waals surface area (Å²) < 4.78 is 19.4. The fraction of sp³-hybridized carbons (Fsp3) is 0.517. The van der Waals surface area contributed by atoms with Crippen LogP contribution < -0.4 is 14.2 Å². The zero-order valence-electron chi connectivity index (χ0n) is 22.9. The molecule has 0 saturated carbocycles. The van der Waals surface area contributed by atoms with Gasteiger partial charge in [-0.05, 0) is 43.9 Å². The number of benzene rings is 1. The number of piperidine rings is 1. The average molecular weight is 536 g/mol. The van der Waals surface area contributed by atoms with Gasteiger partial charge in [0, 0.05) is 49.4 Å². The lowest BCUT2D eigenvalue weighted by Crippen LogP contribution is -2.54. The van der Waals surface area contributed by atoms with E-state index in [0.29, 0.717) is 13.1 Å². The highest BCUT2D eigenvalue weighted by molar-refractivity contribution is 7.96. The lowest BCUT2D eigenvalue weighted by Gasteiger charge is -2.45. The molecule has 2 atom stereocenters. The average Bonchev–Trinajstić information content (AvgIpc) is 3.35. The van der Waals surface area contributed by atoms with Gasteiger partial charge in [-0.3, -0.25) is 9.80 Å². The third-order valence-electron chi connectivity index (χ3n) is 8.91. The number of nitrogens with zero attached hydrogens (tertiary/aromatic N) is 4. The fourth-order valence-electron chi connectivity index (χ4n) is 6.96. The fourth-order valence-corrected chi connectivity index (χ4v) is 7.76. The number of carbonyl (C=O) groups is 1. The molecule has 2 saturated heterocycles. The number of likely N-dealkylation sites (tertiary alicyclic amines) is 1. The first-order valence-corrected chi connectivity index (χ1v) is 14.3. The summed E-state index contributed by atoms with van der Waals surface area (Å²) >= 11 is 1.43. The van der Waals surface area contributed by atoms with Crippen molar-refractivity contribution in [3.63, 3.8) is 0 Å². The Labute approximate surface area is 229 Å². The molecule has 1 aliphatic carbocycles. The van der Waals surface area contributed by atoms with E-state index < -0.39 is 0 Å². The van der Waals surface area contributed by atoms with Gasteiger partial charge in [-0.15, -0.1) is 0 Å². The zero-order valence-corrected chi connectivity index (χ0v) is 23.7. The SMILES string of the molecule is CCN1C(=O)N2Cc3cc(OC)cc(OC)c3[C@@H](C)C=C2C12CCN(CC1=CC=CC3(C)NSN=C13)CC2. The van der Waals surface area contributed by atoms with Crippen molar-refractivity contribution in [2.24, 2.45) is 4.40 Å². The van der Waals surface area contributed by atoms with E-state index in [-0.39, 0.29) is 23.0 Å². The predicted molar refractivity (Wildman–Crippen MR) is 152 cm³/mol. The molecule has 9 heteroatoms. The monoisotopic (exact) mass is 535 g/mol. The van der Waals surface area contributed by atoms with E-state index in [1.165, 1.54) is 17.7 Å². The largest absolute Gasteiger partial charge is 0.497 e. The molecule has 1 aromatic carbocycles. The molecule has 38 heavy (non-hydrogen) atoms. The summed E-state index contributed by atoms with van der Waals surface area (Å²) in [4.78, 5) is 20.5. The molecule has 2 fully saturated rings. The Morgan fingerprint density at radius 2 is 2.00 bits per heavy atom. The molecule has 0 aromatic heterocycles. The number of nitrogens with one attached hydrogen (secondary N) is 1. The Kier molecular flexibility index (Phi) is 6.36. The van der Waals surface area contributed by atoms with Gasteiger partial charge in [0.25, 0.3) is 0 Å². The van der Waals surface area contributed by atoms with Crippen molar-refractivity contribution in [2.75, 3.05) is 40.4 Å². The van der Waals surface area contributed by atoms with Crippen molar-refractivity contribution in [1.29, 1.82) is 0 Å². The molecule has 6 rings (SSSR count). The maximum atomic E-state index is 13.9. The van der Waals surface area contributed by atoms with Crippen LogP contribution in [0, 0.1) is 0 Å². The Hall–Kier alpha value is -2.75. The van der Waals surface area contributed by atoms with Gasteiger partial charge in [0.2, 0.25) is 0 Å². The van der Waals surface area contributed by atoms with Crippen LogP contribution in [0.2, 0.25) is 0 Å². The summed E-state index contributed by atoms with van der Waals surface area (Å²) in [5, 5.41) is 0. The second kappa shape index (κ2) is 9.47. The molecule has 4 aliphatic heterocycles. The number of amides is 2. The summed E-state index contributed by atoms with van der Waals surface area (Å²) in [6.07, 6.45) is 10.7. The highest BCUT2D eigenvalue weighted by Gasteiger charge is 2.55. The van der Waals surface area contributed by atoms with Gasteiger partial charge >= 0.3 is 6.03 Å². The van der Waals surface area contributed by atoms with Gasteiger partial charge in [-0.2, -0.15) is 0 Å². The van der Waals surface area contributed by atoms with Crippen molar-refractivity contribution in [3.05, 3.63) is 58.8 Å². The number of fused-ring (bicyclic) bond motifs is 4. The summed E-state index contributed by atoms with van der Waals surface area (Å²) in [6.45, 7) is 10.5. The van der Waals surface area contributed by atoms with E-state index in [4.69, 9.17) is 9.47 Å². The molecule has 5 aliphatic rings. The molecule has 1 unspecified atom stereocenters. The zero-order chi connectivity index (χ0) is 26.7. The number of urea groups is 1. The smallest absolute Gasteiger partial charge is 0.325 e. The van der Waals surface area contributed by atoms with Crippen molar-refractivity contribution in [2.45, 2.75) is 57.2 Å². The second-order valence-electron chi connectivity index (χ2n) is 11.1. The Morgan fingerprint density at radius 1 is 1.21 bits per heavy atom. The Balaban J connectivity index is 1.28. The third kappa shape index (κ3) is 3.81. The first-order valence-electron chi connectivity index (χ1n) is 13.5. The normalized spacial score (nSPS) is 27.9. The molecule has 202 valence electrons. The standard InChI is InChI=1S/C29H37N5O3S/c1-6-34-27(35)33-18-21-15-22(36-4)16-23(37-5)25(21)19(2)14-24(33)29(34)10-12-32(13-11-29)17-20-8-7-9-28(3)26(20)30-38-31-28/h7-9,14-16,19,31H,6,10-13,17-18H2,1-5H3/t19-,28?/m0/s1. The van der Waals surface area contributed by atoms with Crippen LogP contribution in [0.4, 0.5) is 4.79 Å². The van der Waals surface area contributed by atoms with Crippen molar-refractivity contribution in [1.82, 2.24) is 19.4 Å². The van der Waals surface area contributed by atoms with Crippen molar-refractivity contribution in [3.8, 4) is 11.5 Å². The van der Waals surface area contributed by atoms with Gasteiger partial charge in [0.1, 0.15) is 11.5 Å². The van der Waals surface area contributed by atoms with Crippen LogP contribution in [-0.4, -0.2) is 77.9 Å². The molecule has 1 N–H and O–H groups in total. The molecule has 0 bridgehead atoms. The Morgan fingerprint density at radius 3 is 2.71 bits per heavy atom. The Bertz CT molecular complexity index is 1280. The number of likely N-dealkylation sites (N-methyl/N-ethyl adjacent to an activating group) is 1. The van der Waals surface area contributed by atoms with Crippen LogP contribution in [0.5, 0.6) is 11.5 Å². The van der Waals surface area contributed by atoms with Crippen LogP contribution in [0.1, 0.15) is 50.7 Å². The minimum Gasteiger partial charge on any atom is -0.497 e. The van der Waals surface area contributed by atoms with Gasteiger partial charge in [-0.25, -0.2) is 13.9 Å². The second-order valence-corrected chi connectivity index (χ2v) is 11.6. The van der Waals surface area contributed by atoms with Crippen LogP contribution in [-0.2, 0) is 6.54 Å². The topological polar surface area (TPSA) is 69.6 Å². The molecular formula is C29H37N5O3S. The van der Waals surface area contributed by atoms with E-state index in [9.17, 15) is 4.79 Å². The maximum Gasteiger partial charge on any atom is 0.325 e. The number of rotatable bonds is 5. The van der Waals surface area contributed by atoms with Crippen LogP contribution >= 0.6 is 12.1 Å². The van der Waals surface area contributed by atoms with E-state index >= 15 is 0 Å². The highest BCUT2D eigenvalue weighted by Crippen LogP contribution is 2.49. The number of methoxy groups -OCH3 is 2. The summed E-state index contributed by atoms with van der Waals surface area (Å²) in [7, 11) is 3.37. The highest BCUT2D eigenvalue weighted by atomic mass is 32.2. The first kappa shape index (κ1) is 25.5. The third-order valence-corrected chi connectivity index (χ3v) is 9.69. The lowest BCUT2D eigenvalue weighted by molar-refractivity contribution is 0.0972. The number of hydrogen-bond acceptors (Lipinski definition) is 7. The summed E-state index contributed by atoms with van der Waals surface area (Å²) in [5.41, 5.74) is 5.31. The van der Waals surface area contributed by atoms with Gasteiger partial charge < -0.3 is 14.4 Å². The van der Waals surface area contributed by atoms with Crippen molar-refractivity contribution < 1.29 is 14.3 Å².